The Morgan fingerprint density at radius 3 is 2.60 bits per heavy atom. The third-order valence-corrected chi connectivity index (χ3v) is 4.14. The maximum absolute atomic E-state index is 12.4. The Morgan fingerprint density at radius 2 is 2.00 bits per heavy atom. The van der Waals surface area contributed by atoms with E-state index in [-0.39, 0.29) is 5.91 Å². The average molecular weight is 275 g/mol. The fourth-order valence-electron chi connectivity index (χ4n) is 2.97. The van der Waals surface area contributed by atoms with Gasteiger partial charge in [-0.1, -0.05) is 12.1 Å². The van der Waals surface area contributed by atoms with Crippen molar-refractivity contribution in [2.75, 3.05) is 32.1 Å². The molecule has 0 radical (unpaired) electrons. The van der Waals surface area contributed by atoms with Crippen molar-refractivity contribution in [2.24, 2.45) is 0 Å². The first kappa shape index (κ1) is 14.9. The van der Waals surface area contributed by atoms with E-state index in [9.17, 15) is 4.79 Å². The standard InChI is InChI=1S/C16H25N3O/c1-12-10-13(11-17-4)6-7-14(12)19-9-8-18(5)15(20)16(19,2)3/h6-7,10,17H,8-9,11H2,1-5H3. The van der Waals surface area contributed by atoms with Gasteiger partial charge in [-0.2, -0.15) is 0 Å². The van der Waals surface area contributed by atoms with E-state index in [1.54, 1.807) is 0 Å². The molecule has 4 heteroatoms. The first-order valence-corrected chi connectivity index (χ1v) is 7.15. The van der Waals surface area contributed by atoms with Crippen LogP contribution in [0, 0.1) is 6.92 Å². The molecule has 1 amide bonds. The van der Waals surface area contributed by atoms with Crippen molar-refractivity contribution in [2.45, 2.75) is 32.9 Å². The lowest BCUT2D eigenvalue weighted by molar-refractivity contribution is -0.136. The Kier molecular flexibility index (Phi) is 4.04. The Balaban J connectivity index is 2.33. The van der Waals surface area contributed by atoms with Gasteiger partial charge in [0.15, 0.2) is 0 Å². The zero-order chi connectivity index (χ0) is 14.9. The van der Waals surface area contributed by atoms with Crippen molar-refractivity contribution in [1.29, 1.82) is 0 Å². The van der Waals surface area contributed by atoms with Crippen molar-refractivity contribution in [3.63, 3.8) is 0 Å². The number of likely N-dealkylation sites (N-methyl/N-ethyl adjacent to an activating group) is 1. The summed E-state index contributed by atoms with van der Waals surface area (Å²) in [7, 11) is 3.83. The van der Waals surface area contributed by atoms with Crippen LogP contribution in [-0.2, 0) is 11.3 Å². The number of aryl methyl sites for hydroxylation is 1. The van der Waals surface area contributed by atoms with E-state index >= 15 is 0 Å². The summed E-state index contributed by atoms with van der Waals surface area (Å²) in [6.45, 7) is 8.65. The van der Waals surface area contributed by atoms with Gasteiger partial charge in [0.25, 0.3) is 0 Å². The number of piperazine rings is 1. The number of hydrogen-bond acceptors (Lipinski definition) is 3. The zero-order valence-corrected chi connectivity index (χ0v) is 13.2. The molecule has 2 rings (SSSR count). The Labute approximate surface area is 121 Å². The highest BCUT2D eigenvalue weighted by atomic mass is 16.2. The molecule has 1 N–H and O–H groups in total. The molecule has 20 heavy (non-hydrogen) atoms. The third-order valence-electron chi connectivity index (χ3n) is 4.14. The largest absolute Gasteiger partial charge is 0.355 e. The van der Waals surface area contributed by atoms with Gasteiger partial charge >= 0.3 is 0 Å². The smallest absolute Gasteiger partial charge is 0.247 e. The minimum Gasteiger partial charge on any atom is -0.355 e. The van der Waals surface area contributed by atoms with Crippen molar-refractivity contribution >= 4 is 11.6 Å². The van der Waals surface area contributed by atoms with Crippen molar-refractivity contribution < 1.29 is 4.79 Å². The Morgan fingerprint density at radius 1 is 1.30 bits per heavy atom. The lowest BCUT2D eigenvalue weighted by atomic mass is 9.95. The number of hydrogen-bond donors (Lipinski definition) is 1. The van der Waals surface area contributed by atoms with Crippen molar-refractivity contribution in [3.05, 3.63) is 29.3 Å². The molecule has 1 aromatic carbocycles. The molecule has 1 fully saturated rings. The lowest BCUT2D eigenvalue weighted by Gasteiger charge is -2.46. The van der Waals surface area contributed by atoms with E-state index < -0.39 is 5.54 Å². The molecular weight excluding hydrogens is 250 g/mol. The first-order chi connectivity index (χ1) is 9.37. The second-order valence-electron chi connectivity index (χ2n) is 6.09. The predicted molar refractivity (Wildman–Crippen MR) is 83.0 cm³/mol. The van der Waals surface area contributed by atoms with Gasteiger partial charge in [0, 0.05) is 32.4 Å². The van der Waals surface area contributed by atoms with Crippen LogP contribution in [0.5, 0.6) is 0 Å². The molecule has 0 saturated carbocycles. The fraction of sp³-hybridized carbons (Fsp3) is 0.562. The normalized spacial score (nSPS) is 18.6. The summed E-state index contributed by atoms with van der Waals surface area (Å²) in [5.74, 6) is 0.183. The molecular formula is C16H25N3O. The van der Waals surface area contributed by atoms with Gasteiger partial charge in [-0.25, -0.2) is 0 Å². The van der Waals surface area contributed by atoms with Gasteiger partial charge < -0.3 is 15.1 Å². The number of rotatable bonds is 3. The fourth-order valence-corrected chi connectivity index (χ4v) is 2.97. The van der Waals surface area contributed by atoms with Crippen LogP contribution in [0.2, 0.25) is 0 Å². The molecule has 0 bridgehead atoms. The minimum absolute atomic E-state index is 0.183. The van der Waals surface area contributed by atoms with Gasteiger partial charge in [0.2, 0.25) is 5.91 Å². The third kappa shape index (κ3) is 2.52. The topological polar surface area (TPSA) is 35.6 Å². The molecule has 0 aliphatic carbocycles. The van der Waals surface area contributed by atoms with Gasteiger partial charge in [-0.05, 0) is 45.0 Å². The highest BCUT2D eigenvalue weighted by Crippen LogP contribution is 2.31. The second kappa shape index (κ2) is 5.44. The van der Waals surface area contributed by atoms with Gasteiger partial charge in [0.1, 0.15) is 5.54 Å². The lowest BCUT2D eigenvalue weighted by Crippen LogP contribution is -2.62. The van der Waals surface area contributed by atoms with E-state index in [4.69, 9.17) is 0 Å². The average Bonchev–Trinajstić information content (AvgIpc) is 2.38. The minimum atomic E-state index is -0.484. The van der Waals surface area contributed by atoms with E-state index in [1.807, 2.05) is 32.8 Å². The summed E-state index contributed by atoms with van der Waals surface area (Å²) in [6.07, 6.45) is 0. The SMILES string of the molecule is CNCc1ccc(N2CCN(C)C(=O)C2(C)C)c(C)c1. The number of benzene rings is 1. The van der Waals surface area contributed by atoms with Crippen LogP contribution in [0.25, 0.3) is 0 Å². The summed E-state index contributed by atoms with van der Waals surface area (Å²) in [5.41, 5.74) is 3.17. The van der Waals surface area contributed by atoms with Crippen LogP contribution in [0.3, 0.4) is 0 Å². The molecule has 0 atom stereocenters. The number of carbonyl (C=O) groups excluding carboxylic acids is 1. The van der Waals surface area contributed by atoms with E-state index in [2.05, 4.69) is 35.3 Å². The molecule has 1 heterocycles. The van der Waals surface area contributed by atoms with Crippen LogP contribution >= 0.6 is 0 Å². The van der Waals surface area contributed by atoms with E-state index in [0.29, 0.717) is 0 Å². The Hall–Kier alpha value is -1.55. The molecule has 0 spiro atoms. The molecule has 1 saturated heterocycles. The van der Waals surface area contributed by atoms with Gasteiger partial charge in [-0.15, -0.1) is 0 Å². The molecule has 1 aliphatic heterocycles. The number of nitrogens with zero attached hydrogens (tertiary/aromatic N) is 2. The Bertz CT molecular complexity index is 510. The number of amides is 1. The van der Waals surface area contributed by atoms with Crippen LogP contribution < -0.4 is 10.2 Å². The summed E-state index contributed by atoms with van der Waals surface area (Å²) in [4.78, 5) is 16.4. The van der Waals surface area contributed by atoms with Crippen molar-refractivity contribution in [3.8, 4) is 0 Å². The number of carbonyl (C=O) groups is 1. The van der Waals surface area contributed by atoms with Crippen LogP contribution in [0.15, 0.2) is 18.2 Å². The monoisotopic (exact) mass is 275 g/mol. The van der Waals surface area contributed by atoms with E-state index in [1.165, 1.54) is 11.1 Å². The maximum Gasteiger partial charge on any atom is 0.247 e. The van der Waals surface area contributed by atoms with Crippen LogP contribution in [-0.4, -0.2) is 43.5 Å². The van der Waals surface area contributed by atoms with Gasteiger partial charge in [0.05, 0.1) is 0 Å². The molecule has 0 aromatic heterocycles. The second-order valence-corrected chi connectivity index (χ2v) is 6.09. The molecule has 110 valence electrons. The number of anilines is 1. The van der Waals surface area contributed by atoms with Gasteiger partial charge in [-0.3, -0.25) is 4.79 Å². The van der Waals surface area contributed by atoms with Crippen LogP contribution in [0.4, 0.5) is 5.69 Å². The summed E-state index contributed by atoms with van der Waals surface area (Å²) < 4.78 is 0. The first-order valence-electron chi connectivity index (χ1n) is 7.15. The maximum atomic E-state index is 12.4. The summed E-state index contributed by atoms with van der Waals surface area (Å²) in [6, 6.07) is 6.48. The zero-order valence-electron chi connectivity index (χ0n) is 13.2. The number of nitrogens with one attached hydrogen (secondary N) is 1. The highest BCUT2D eigenvalue weighted by molar-refractivity contribution is 5.90. The summed E-state index contributed by atoms with van der Waals surface area (Å²) in [5, 5.41) is 3.16. The highest BCUT2D eigenvalue weighted by Gasteiger charge is 2.40. The molecule has 1 aliphatic rings. The molecule has 0 unspecified atom stereocenters. The predicted octanol–water partition coefficient (Wildman–Crippen LogP) is 1.77. The summed E-state index contributed by atoms with van der Waals surface area (Å²) >= 11 is 0. The quantitative estimate of drug-likeness (QED) is 0.913. The molecule has 1 aromatic rings. The molecule has 4 nitrogen and oxygen atoms in total. The van der Waals surface area contributed by atoms with E-state index in [0.717, 1.165) is 25.3 Å². The van der Waals surface area contributed by atoms with Crippen LogP contribution in [0.1, 0.15) is 25.0 Å². The van der Waals surface area contributed by atoms with Crippen molar-refractivity contribution in [1.82, 2.24) is 10.2 Å².